The maximum absolute atomic E-state index is 12.0. The van der Waals surface area contributed by atoms with Crippen LogP contribution in [0.3, 0.4) is 0 Å². The molecule has 106 valence electrons. The van der Waals surface area contributed by atoms with Gasteiger partial charge in [-0.1, -0.05) is 0 Å². The molecule has 10 heteroatoms. The summed E-state index contributed by atoms with van der Waals surface area (Å²) in [6.45, 7) is -0.802. The van der Waals surface area contributed by atoms with E-state index in [1.54, 1.807) is 0 Å². The number of carbonyl (C=O) groups is 1. The predicted molar refractivity (Wildman–Crippen MR) is 48.0 cm³/mol. The van der Waals surface area contributed by atoms with Gasteiger partial charge in [-0.25, -0.2) is 0 Å². The molecule has 5 N–H and O–H groups in total. The van der Waals surface area contributed by atoms with Gasteiger partial charge in [0.15, 0.2) is 6.29 Å². The second-order valence-corrected chi connectivity index (χ2v) is 3.73. The minimum atomic E-state index is -5.20. The van der Waals surface area contributed by atoms with Crippen molar-refractivity contribution in [2.75, 3.05) is 6.61 Å². The number of hydrogen-bond acceptors (Lipinski definition) is 6. The Morgan fingerprint density at radius 1 is 1.22 bits per heavy atom. The summed E-state index contributed by atoms with van der Waals surface area (Å²) in [6.07, 6.45) is -12.3. The van der Waals surface area contributed by atoms with Crippen LogP contribution < -0.4 is 5.32 Å². The first kappa shape index (κ1) is 15.1. The Hall–Kier alpha value is -0.940. The van der Waals surface area contributed by atoms with Crippen LogP contribution in [0.25, 0.3) is 0 Å². The maximum Gasteiger partial charge on any atom is 0.471 e. The molecular weight excluding hydrogens is 263 g/mol. The van der Waals surface area contributed by atoms with Crippen LogP contribution in [0.5, 0.6) is 0 Å². The molecule has 0 aromatic carbocycles. The van der Waals surface area contributed by atoms with E-state index in [1.807, 2.05) is 0 Å². The Bertz CT molecular complexity index is 312. The Labute approximate surface area is 98.8 Å². The fraction of sp³-hybridized carbons (Fsp3) is 0.875. The number of aliphatic hydroxyl groups is 4. The summed E-state index contributed by atoms with van der Waals surface area (Å²) in [4.78, 5) is 10.7. The fourth-order valence-electron chi connectivity index (χ4n) is 1.51. The highest BCUT2D eigenvalue weighted by Gasteiger charge is 2.48. The van der Waals surface area contributed by atoms with Gasteiger partial charge in [0, 0.05) is 0 Å². The number of nitrogens with one attached hydrogen (secondary N) is 1. The topological polar surface area (TPSA) is 119 Å². The highest BCUT2D eigenvalue weighted by atomic mass is 19.4. The van der Waals surface area contributed by atoms with E-state index in [-0.39, 0.29) is 0 Å². The molecule has 18 heavy (non-hydrogen) atoms. The molecular formula is C8H12F3NO6. The first-order valence-electron chi connectivity index (χ1n) is 4.86. The van der Waals surface area contributed by atoms with Gasteiger partial charge in [0.1, 0.15) is 18.3 Å². The van der Waals surface area contributed by atoms with Crippen LogP contribution in [0.1, 0.15) is 0 Å². The molecule has 0 saturated carbocycles. The number of aliphatic hydroxyl groups excluding tert-OH is 4. The van der Waals surface area contributed by atoms with E-state index in [0.717, 1.165) is 0 Å². The molecule has 1 heterocycles. The van der Waals surface area contributed by atoms with Crippen molar-refractivity contribution in [3.05, 3.63) is 0 Å². The molecule has 1 amide bonds. The van der Waals surface area contributed by atoms with Crippen molar-refractivity contribution in [1.29, 1.82) is 0 Å². The molecule has 0 aliphatic carbocycles. The average molecular weight is 275 g/mol. The molecule has 0 spiro atoms. The van der Waals surface area contributed by atoms with E-state index in [9.17, 15) is 28.2 Å². The zero-order valence-corrected chi connectivity index (χ0v) is 8.83. The highest BCUT2D eigenvalue weighted by molar-refractivity contribution is 5.82. The molecule has 0 aromatic heterocycles. The lowest BCUT2D eigenvalue weighted by Crippen LogP contribution is -2.65. The third-order valence-corrected chi connectivity index (χ3v) is 2.46. The van der Waals surface area contributed by atoms with Crippen LogP contribution in [0.2, 0.25) is 0 Å². The second kappa shape index (κ2) is 5.36. The van der Waals surface area contributed by atoms with Gasteiger partial charge >= 0.3 is 12.1 Å². The lowest BCUT2D eigenvalue weighted by Gasteiger charge is -2.40. The molecule has 0 radical (unpaired) electrons. The summed E-state index contributed by atoms with van der Waals surface area (Å²) >= 11 is 0. The molecule has 0 bridgehead atoms. The monoisotopic (exact) mass is 275 g/mol. The van der Waals surface area contributed by atoms with Crippen LogP contribution >= 0.6 is 0 Å². The minimum Gasteiger partial charge on any atom is -0.394 e. The van der Waals surface area contributed by atoms with E-state index in [1.165, 1.54) is 5.32 Å². The number of carbonyl (C=O) groups excluding carboxylic acids is 1. The third kappa shape index (κ3) is 3.09. The summed E-state index contributed by atoms with van der Waals surface area (Å²) < 4.78 is 40.6. The quantitative estimate of drug-likeness (QED) is 0.379. The fourth-order valence-corrected chi connectivity index (χ4v) is 1.51. The number of amides is 1. The zero-order valence-electron chi connectivity index (χ0n) is 8.83. The second-order valence-electron chi connectivity index (χ2n) is 3.73. The van der Waals surface area contributed by atoms with Gasteiger partial charge in [-0.05, 0) is 0 Å². The molecule has 1 aliphatic heterocycles. The molecule has 7 nitrogen and oxygen atoms in total. The van der Waals surface area contributed by atoms with Gasteiger partial charge in [-0.2, -0.15) is 13.2 Å². The van der Waals surface area contributed by atoms with Crippen molar-refractivity contribution >= 4 is 5.91 Å². The summed E-state index contributed by atoms with van der Waals surface area (Å²) in [7, 11) is 0. The van der Waals surface area contributed by atoms with Crippen LogP contribution in [-0.2, 0) is 9.53 Å². The molecule has 1 fully saturated rings. The maximum atomic E-state index is 12.0. The van der Waals surface area contributed by atoms with Gasteiger partial charge in [0.25, 0.3) is 0 Å². The summed E-state index contributed by atoms with van der Waals surface area (Å²) in [5.74, 6) is -2.38. The average Bonchev–Trinajstić information content (AvgIpc) is 2.27. The van der Waals surface area contributed by atoms with E-state index in [2.05, 4.69) is 4.74 Å². The van der Waals surface area contributed by atoms with Crippen LogP contribution in [0.4, 0.5) is 13.2 Å². The number of halogens is 3. The lowest BCUT2D eigenvalue weighted by atomic mass is 9.96. The first-order valence-corrected chi connectivity index (χ1v) is 4.86. The summed E-state index contributed by atoms with van der Waals surface area (Å²) in [5, 5.41) is 38.1. The summed E-state index contributed by atoms with van der Waals surface area (Å²) in [6, 6.07) is -1.81. The van der Waals surface area contributed by atoms with Crippen molar-refractivity contribution in [3.63, 3.8) is 0 Å². The Kier molecular flexibility index (Phi) is 4.50. The van der Waals surface area contributed by atoms with Crippen molar-refractivity contribution in [3.8, 4) is 0 Å². The molecule has 0 aromatic rings. The van der Waals surface area contributed by atoms with E-state index < -0.39 is 49.3 Å². The smallest absolute Gasteiger partial charge is 0.394 e. The molecule has 1 aliphatic rings. The third-order valence-electron chi connectivity index (χ3n) is 2.46. The van der Waals surface area contributed by atoms with Crippen LogP contribution in [0, 0.1) is 0 Å². The number of ether oxygens (including phenoxy) is 1. The van der Waals surface area contributed by atoms with E-state index in [4.69, 9.17) is 10.2 Å². The number of hydrogen-bond donors (Lipinski definition) is 5. The molecule has 1 rings (SSSR count). The van der Waals surface area contributed by atoms with Crippen molar-refractivity contribution < 1.29 is 43.1 Å². The van der Waals surface area contributed by atoms with Crippen molar-refractivity contribution in [2.24, 2.45) is 0 Å². The Balaban J connectivity index is 2.80. The Morgan fingerprint density at radius 2 is 1.78 bits per heavy atom. The standard InChI is InChI=1S/C8H12F3NO6/c9-8(10,11)7(17)12-3-4(14)2(1-13)18-6(16)5(3)15/h2-6,13-16H,1H2,(H,12,17). The molecule has 5 unspecified atom stereocenters. The van der Waals surface area contributed by atoms with Crippen molar-refractivity contribution in [2.45, 2.75) is 36.8 Å². The SMILES string of the molecule is O=C(NC1C(O)C(O)OC(CO)C1O)C(F)(F)F. The lowest BCUT2D eigenvalue weighted by molar-refractivity contribution is -0.263. The highest BCUT2D eigenvalue weighted by Crippen LogP contribution is 2.22. The molecule has 1 saturated heterocycles. The van der Waals surface area contributed by atoms with E-state index >= 15 is 0 Å². The number of rotatable bonds is 2. The van der Waals surface area contributed by atoms with Crippen LogP contribution in [0.15, 0.2) is 0 Å². The van der Waals surface area contributed by atoms with Gasteiger partial charge in [0.05, 0.1) is 12.6 Å². The van der Waals surface area contributed by atoms with Crippen LogP contribution in [-0.4, -0.2) is 69.8 Å². The summed E-state index contributed by atoms with van der Waals surface area (Å²) in [5.41, 5.74) is 0. The minimum absolute atomic E-state index is 0.802. The normalized spacial score (nSPS) is 37.4. The van der Waals surface area contributed by atoms with Gasteiger partial charge in [-0.3, -0.25) is 4.79 Å². The first-order chi connectivity index (χ1) is 8.18. The largest absolute Gasteiger partial charge is 0.471 e. The number of alkyl halides is 3. The van der Waals surface area contributed by atoms with Gasteiger partial charge in [-0.15, -0.1) is 0 Å². The van der Waals surface area contributed by atoms with Crippen molar-refractivity contribution in [1.82, 2.24) is 5.32 Å². The molecule has 5 atom stereocenters. The predicted octanol–water partition coefficient (Wildman–Crippen LogP) is -2.54. The van der Waals surface area contributed by atoms with Gasteiger partial charge in [0.2, 0.25) is 0 Å². The Morgan fingerprint density at radius 3 is 2.22 bits per heavy atom. The zero-order chi connectivity index (χ0) is 14.1. The van der Waals surface area contributed by atoms with E-state index in [0.29, 0.717) is 0 Å². The van der Waals surface area contributed by atoms with Gasteiger partial charge < -0.3 is 30.5 Å².